The molecule has 116 valence electrons. The minimum Gasteiger partial charge on any atom is -0.462 e. The first kappa shape index (κ1) is 15.9. The molecule has 1 aliphatic rings. The highest BCUT2D eigenvalue weighted by molar-refractivity contribution is 5.90. The highest BCUT2D eigenvalue weighted by atomic mass is 16.5. The molecule has 1 N–H and O–H groups in total. The van der Waals surface area contributed by atoms with Crippen LogP contribution < -0.4 is 5.32 Å². The molecule has 0 spiro atoms. The lowest BCUT2D eigenvalue weighted by Gasteiger charge is -2.18. The van der Waals surface area contributed by atoms with Gasteiger partial charge in [-0.15, -0.1) is 0 Å². The molecule has 0 saturated heterocycles. The molecule has 0 amide bonds. The molecule has 1 aromatic rings. The van der Waals surface area contributed by atoms with Crippen molar-refractivity contribution in [2.45, 2.75) is 58.4 Å². The summed E-state index contributed by atoms with van der Waals surface area (Å²) in [6, 6.07) is 8.19. The first-order valence-corrected chi connectivity index (χ1v) is 8.26. The average Bonchev–Trinajstić information content (AvgIpc) is 2.73. The number of benzene rings is 1. The second kappa shape index (κ2) is 8.06. The summed E-state index contributed by atoms with van der Waals surface area (Å²) in [6.07, 6.45) is 7.71. The van der Waals surface area contributed by atoms with Crippen molar-refractivity contribution in [1.29, 1.82) is 0 Å². The van der Waals surface area contributed by atoms with Crippen molar-refractivity contribution in [1.82, 2.24) is 0 Å². The molecule has 1 aliphatic carbocycles. The number of hydrogen-bond donors (Lipinski definition) is 1. The van der Waals surface area contributed by atoms with E-state index < -0.39 is 0 Å². The molecule has 1 saturated carbocycles. The molecule has 2 atom stereocenters. The Labute approximate surface area is 128 Å². The lowest BCUT2D eigenvalue weighted by Crippen LogP contribution is -2.18. The largest absolute Gasteiger partial charge is 0.462 e. The average molecular weight is 289 g/mol. The topological polar surface area (TPSA) is 38.3 Å². The predicted molar refractivity (Wildman–Crippen MR) is 86.7 cm³/mol. The van der Waals surface area contributed by atoms with Crippen LogP contribution in [0.3, 0.4) is 0 Å². The molecule has 0 aromatic heterocycles. The Balaban J connectivity index is 1.96. The van der Waals surface area contributed by atoms with E-state index in [1.165, 1.54) is 38.5 Å². The van der Waals surface area contributed by atoms with Gasteiger partial charge in [0.1, 0.15) is 0 Å². The van der Waals surface area contributed by atoms with Gasteiger partial charge in [0.25, 0.3) is 0 Å². The summed E-state index contributed by atoms with van der Waals surface area (Å²) in [5.41, 5.74) is 1.66. The lowest BCUT2D eigenvalue weighted by molar-refractivity contribution is 0.0526. The van der Waals surface area contributed by atoms with Gasteiger partial charge in [-0.2, -0.15) is 0 Å². The maximum absolute atomic E-state index is 11.8. The van der Waals surface area contributed by atoms with Gasteiger partial charge in [-0.3, -0.25) is 0 Å². The molecule has 21 heavy (non-hydrogen) atoms. The van der Waals surface area contributed by atoms with Crippen molar-refractivity contribution in [2.75, 3.05) is 11.9 Å². The van der Waals surface area contributed by atoms with Crippen LogP contribution in [0.2, 0.25) is 0 Å². The van der Waals surface area contributed by atoms with Gasteiger partial charge in [-0.25, -0.2) is 4.79 Å². The Morgan fingerprint density at radius 2 is 2.10 bits per heavy atom. The normalized spacial score (nSPS) is 22.4. The molecule has 3 nitrogen and oxygen atoms in total. The van der Waals surface area contributed by atoms with Crippen LogP contribution in [-0.2, 0) is 4.74 Å². The maximum Gasteiger partial charge on any atom is 0.338 e. The summed E-state index contributed by atoms with van der Waals surface area (Å²) in [6.45, 7) is 4.54. The minimum absolute atomic E-state index is 0.243. The predicted octanol–water partition coefficient (Wildman–Crippen LogP) is 4.63. The third-order valence-corrected chi connectivity index (χ3v) is 4.41. The fourth-order valence-electron chi connectivity index (χ4n) is 3.12. The number of rotatable bonds is 5. The number of esters is 1. The standard InChI is InChI=1S/C18H27NO2/c1-3-14-7-5-9-16(12-11-14)19-17-10-6-8-15(13-17)18(20)21-4-2/h6,8,10,13-14,16,19H,3-5,7,9,11-12H2,1-2H3. The van der Waals surface area contributed by atoms with Crippen molar-refractivity contribution in [3.63, 3.8) is 0 Å². The second-order valence-corrected chi connectivity index (χ2v) is 5.93. The van der Waals surface area contributed by atoms with Crippen LogP contribution >= 0.6 is 0 Å². The summed E-state index contributed by atoms with van der Waals surface area (Å²) in [7, 11) is 0. The summed E-state index contributed by atoms with van der Waals surface area (Å²) >= 11 is 0. The van der Waals surface area contributed by atoms with Crippen molar-refractivity contribution in [3.05, 3.63) is 29.8 Å². The second-order valence-electron chi connectivity index (χ2n) is 5.93. The fraction of sp³-hybridized carbons (Fsp3) is 0.611. The molecule has 1 aromatic carbocycles. The number of carbonyl (C=O) groups is 1. The molecule has 0 aliphatic heterocycles. The zero-order valence-electron chi connectivity index (χ0n) is 13.2. The van der Waals surface area contributed by atoms with Crippen LogP contribution in [0.1, 0.15) is 62.7 Å². The van der Waals surface area contributed by atoms with Crippen LogP contribution in [0.15, 0.2) is 24.3 Å². The molecule has 2 rings (SSSR count). The quantitative estimate of drug-likeness (QED) is 0.634. The van der Waals surface area contributed by atoms with Crippen molar-refractivity contribution in [3.8, 4) is 0 Å². The highest BCUT2D eigenvalue weighted by Gasteiger charge is 2.18. The van der Waals surface area contributed by atoms with E-state index in [4.69, 9.17) is 4.74 Å². The Bertz CT molecular complexity index is 458. The monoisotopic (exact) mass is 289 g/mol. The summed E-state index contributed by atoms with van der Waals surface area (Å²) in [5, 5.41) is 3.60. The first-order valence-electron chi connectivity index (χ1n) is 8.26. The van der Waals surface area contributed by atoms with E-state index in [0.29, 0.717) is 18.2 Å². The Hall–Kier alpha value is -1.51. The number of anilines is 1. The van der Waals surface area contributed by atoms with E-state index in [0.717, 1.165) is 11.6 Å². The zero-order chi connectivity index (χ0) is 15.1. The number of hydrogen-bond acceptors (Lipinski definition) is 3. The molecule has 3 heteroatoms. The third kappa shape index (κ3) is 4.76. The van der Waals surface area contributed by atoms with Gasteiger partial charge in [-0.1, -0.05) is 32.3 Å². The number of carbonyl (C=O) groups excluding carboxylic acids is 1. The summed E-state index contributed by atoms with van der Waals surface area (Å²) < 4.78 is 5.05. The van der Waals surface area contributed by atoms with Crippen molar-refractivity contribution >= 4 is 11.7 Å². The molecular weight excluding hydrogens is 262 g/mol. The molecule has 2 unspecified atom stereocenters. The Kier molecular flexibility index (Phi) is 6.09. The Morgan fingerprint density at radius 1 is 1.24 bits per heavy atom. The minimum atomic E-state index is -0.243. The number of nitrogens with one attached hydrogen (secondary N) is 1. The van der Waals surface area contributed by atoms with Crippen molar-refractivity contribution in [2.24, 2.45) is 5.92 Å². The lowest BCUT2D eigenvalue weighted by atomic mass is 9.98. The van der Waals surface area contributed by atoms with Crippen LogP contribution in [-0.4, -0.2) is 18.6 Å². The first-order chi connectivity index (χ1) is 10.2. The van der Waals surface area contributed by atoms with E-state index in [2.05, 4.69) is 12.2 Å². The Morgan fingerprint density at radius 3 is 2.86 bits per heavy atom. The van der Waals surface area contributed by atoms with Crippen LogP contribution in [0, 0.1) is 5.92 Å². The van der Waals surface area contributed by atoms with Crippen molar-refractivity contribution < 1.29 is 9.53 Å². The zero-order valence-corrected chi connectivity index (χ0v) is 13.2. The van der Waals surface area contributed by atoms with Gasteiger partial charge in [0.15, 0.2) is 0 Å². The highest BCUT2D eigenvalue weighted by Crippen LogP contribution is 2.27. The SMILES string of the molecule is CCOC(=O)c1cccc(NC2CCCC(CC)CC2)c1. The van der Waals surface area contributed by atoms with E-state index >= 15 is 0 Å². The van der Waals surface area contributed by atoms with Gasteiger partial charge in [-0.05, 0) is 50.3 Å². The third-order valence-electron chi connectivity index (χ3n) is 4.41. The molecule has 0 heterocycles. The molecular formula is C18H27NO2. The van der Waals surface area contributed by atoms with E-state index in [-0.39, 0.29) is 5.97 Å². The molecule has 1 fully saturated rings. The fourth-order valence-corrected chi connectivity index (χ4v) is 3.12. The van der Waals surface area contributed by atoms with E-state index in [1.54, 1.807) is 0 Å². The van der Waals surface area contributed by atoms with Crippen LogP contribution in [0.25, 0.3) is 0 Å². The van der Waals surface area contributed by atoms with Gasteiger partial charge in [0, 0.05) is 11.7 Å². The van der Waals surface area contributed by atoms with E-state index in [9.17, 15) is 4.79 Å². The van der Waals surface area contributed by atoms with Gasteiger partial charge in [0.2, 0.25) is 0 Å². The smallest absolute Gasteiger partial charge is 0.338 e. The van der Waals surface area contributed by atoms with Crippen LogP contribution in [0.5, 0.6) is 0 Å². The van der Waals surface area contributed by atoms with Gasteiger partial charge < -0.3 is 10.1 Å². The van der Waals surface area contributed by atoms with Gasteiger partial charge in [0.05, 0.1) is 12.2 Å². The van der Waals surface area contributed by atoms with Gasteiger partial charge >= 0.3 is 5.97 Å². The summed E-state index contributed by atoms with van der Waals surface area (Å²) in [5.74, 6) is 0.649. The summed E-state index contributed by atoms with van der Waals surface area (Å²) in [4.78, 5) is 11.8. The van der Waals surface area contributed by atoms with Crippen LogP contribution in [0.4, 0.5) is 5.69 Å². The molecule has 0 bridgehead atoms. The molecule has 0 radical (unpaired) electrons. The van der Waals surface area contributed by atoms with E-state index in [1.807, 2.05) is 31.2 Å². The number of ether oxygens (including phenoxy) is 1. The maximum atomic E-state index is 11.8.